The number of benzene rings is 1. The fourth-order valence-corrected chi connectivity index (χ4v) is 2.08. The van der Waals surface area contributed by atoms with Crippen molar-refractivity contribution >= 4 is 23.2 Å². The molecule has 0 aliphatic carbocycles. The monoisotopic (exact) mass is 286 g/mol. The molecule has 21 heavy (non-hydrogen) atoms. The summed E-state index contributed by atoms with van der Waals surface area (Å²) in [4.78, 5) is 23.6. The van der Waals surface area contributed by atoms with Crippen molar-refractivity contribution in [2.75, 3.05) is 10.6 Å². The molecule has 0 saturated carbocycles. The highest BCUT2D eigenvalue weighted by molar-refractivity contribution is 6.04. The van der Waals surface area contributed by atoms with Gasteiger partial charge in [0.05, 0.1) is 12.0 Å². The normalized spacial score (nSPS) is 16.7. The zero-order chi connectivity index (χ0) is 15.0. The van der Waals surface area contributed by atoms with Crippen molar-refractivity contribution < 1.29 is 18.7 Å². The van der Waals surface area contributed by atoms with Crippen LogP contribution < -0.4 is 15.4 Å². The number of aryl methyl sites for hydroxylation is 1. The Bertz CT molecular complexity index is 720. The lowest BCUT2D eigenvalue weighted by Crippen LogP contribution is -2.34. The lowest BCUT2D eigenvalue weighted by molar-refractivity contribution is -0.122. The largest absolute Gasteiger partial charge is 0.479 e. The first-order valence-corrected chi connectivity index (χ1v) is 6.51. The average Bonchev–Trinajstić information content (AvgIpc) is 2.87. The molecule has 1 atom stereocenters. The van der Waals surface area contributed by atoms with E-state index >= 15 is 0 Å². The third kappa shape index (κ3) is 2.47. The van der Waals surface area contributed by atoms with E-state index < -0.39 is 6.10 Å². The molecule has 2 amide bonds. The summed E-state index contributed by atoms with van der Waals surface area (Å²) < 4.78 is 10.6. The van der Waals surface area contributed by atoms with Crippen molar-refractivity contribution in [3.05, 3.63) is 41.9 Å². The van der Waals surface area contributed by atoms with Gasteiger partial charge in [0.1, 0.15) is 5.75 Å². The summed E-state index contributed by atoms with van der Waals surface area (Å²) >= 11 is 0. The number of furan rings is 1. The topological polar surface area (TPSA) is 80.6 Å². The Hall–Kier alpha value is -2.76. The molecule has 1 aliphatic rings. The Morgan fingerprint density at radius 2 is 2.14 bits per heavy atom. The third-order valence-corrected chi connectivity index (χ3v) is 3.24. The van der Waals surface area contributed by atoms with Crippen LogP contribution in [0.25, 0.3) is 0 Å². The number of hydrogen-bond acceptors (Lipinski definition) is 4. The van der Waals surface area contributed by atoms with Crippen LogP contribution in [0.4, 0.5) is 11.4 Å². The van der Waals surface area contributed by atoms with Crippen LogP contribution in [0.1, 0.15) is 23.0 Å². The van der Waals surface area contributed by atoms with Gasteiger partial charge < -0.3 is 19.8 Å². The molecule has 0 fully saturated rings. The maximum Gasteiger partial charge on any atom is 0.291 e. The van der Waals surface area contributed by atoms with Gasteiger partial charge in [0.2, 0.25) is 0 Å². The predicted molar refractivity (Wildman–Crippen MR) is 76.6 cm³/mol. The molecular weight excluding hydrogens is 272 g/mol. The number of rotatable bonds is 2. The highest BCUT2D eigenvalue weighted by atomic mass is 16.5. The van der Waals surface area contributed by atoms with Gasteiger partial charge in [-0.25, -0.2) is 0 Å². The quantitative estimate of drug-likeness (QED) is 0.889. The molecule has 0 radical (unpaired) electrons. The van der Waals surface area contributed by atoms with Crippen molar-refractivity contribution in [3.8, 4) is 5.75 Å². The highest BCUT2D eigenvalue weighted by Gasteiger charge is 2.24. The van der Waals surface area contributed by atoms with Gasteiger partial charge >= 0.3 is 0 Å². The van der Waals surface area contributed by atoms with Crippen molar-refractivity contribution in [2.45, 2.75) is 20.0 Å². The molecule has 6 nitrogen and oxygen atoms in total. The van der Waals surface area contributed by atoms with Crippen LogP contribution in [0.3, 0.4) is 0 Å². The first kappa shape index (κ1) is 13.2. The minimum atomic E-state index is -0.524. The summed E-state index contributed by atoms with van der Waals surface area (Å²) in [6.45, 7) is 3.47. The highest BCUT2D eigenvalue weighted by Crippen LogP contribution is 2.32. The molecule has 2 aromatic rings. The van der Waals surface area contributed by atoms with Crippen LogP contribution in [0.5, 0.6) is 5.75 Å². The average molecular weight is 286 g/mol. The molecule has 1 aliphatic heterocycles. The number of hydrogen-bond donors (Lipinski definition) is 2. The summed E-state index contributed by atoms with van der Waals surface area (Å²) in [7, 11) is 0. The lowest BCUT2D eigenvalue weighted by Gasteiger charge is -2.23. The second-order valence-corrected chi connectivity index (χ2v) is 4.85. The zero-order valence-electron chi connectivity index (χ0n) is 11.6. The van der Waals surface area contributed by atoms with E-state index in [4.69, 9.17) is 9.15 Å². The van der Waals surface area contributed by atoms with E-state index in [1.807, 2.05) is 0 Å². The van der Waals surface area contributed by atoms with Crippen molar-refractivity contribution in [3.63, 3.8) is 0 Å². The second kappa shape index (κ2) is 4.97. The molecule has 3 rings (SSSR count). The van der Waals surface area contributed by atoms with Gasteiger partial charge in [0.25, 0.3) is 11.8 Å². The number of carbonyl (C=O) groups is 2. The Morgan fingerprint density at radius 1 is 1.33 bits per heavy atom. The molecule has 6 heteroatoms. The van der Waals surface area contributed by atoms with E-state index in [9.17, 15) is 9.59 Å². The molecule has 2 N–H and O–H groups in total. The van der Waals surface area contributed by atoms with Crippen LogP contribution in [0, 0.1) is 6.92 Å². The van der Waals surface area contributed by atoms with Crippen molar-refractivity contribution in [1.29, 1.82) is 0 Å². The van der Waals surface area contributed by atoms with Crippen LogP contribution in [0.2, 0.25) is 0 Å². The molecule has 1 aromatic carbocycles. The van der Waals surface area contributed by atoms with Crippen LogP contribution >= 0.6 is 0 Å². The summed E-state index contributed by atoms with van der Waals surface area (Å²) in [6, 6.07) is 6.78. The van der Waals surface area contributed by atoms with E-state index in [-0.39, 0.29) is 17.6 Å². The zero-order valence-corrected chi connectivity index (χ0v) is 11.6. The number of fused-ring (bicyclic) bond motifs is 1. The van der Waals surface area contributed by atoms with Gasteiger partial charge in [0, 0.05) is 11.3 Å². The Labute approximate surface area is 121 Å². The van der Waals surface area contributed by atoms with Crippen LogP contribution in [0.15, 0.2) is 34.9 Å². The molecule has 1 unspecified atom stereocenters. The molecule has 0 spiro atoms. The number of nitrogens with one attached hydrogen (secondary N) is 2. The maximum absolute atomic E-state index is 12.1. The second-order valence-electron chi connectivity index (χ2n) is 4.85. The first-order valence-electron chi connectivity index (χ1n) is 6.51. The molecule has 2 heterocycles. The third-order valence-electron chi connectivity index (χ3n) is 3.24. The van der Waals surface area contributed by atoms with Crippen molar-refractivity contribution in [2.24, 2.45) is 0 Å². The molecule has 0 saturated heterocycles. The van der Waals surface area contributed by atoms with Crippen molar-refractivity contribution in [1.82, 2.24) is 0 Å². The van der Waals surface area contributed by atoms with Gasteiger partial charge in [-0.15, -0.1) is 0 Å². The Morgan fingerprint density at radius 3 is 2.86 bits per heavy atom. The minimum absolute atomic E-state index is 0.215. The predicted octanol–water partition coefficient (Wildman–Crippen LogP) is 2.56. The standard InChI is InChI=1S/C15H14N2O4/c1-8-5-6-20-13(8)15(19)16-10-3-4-12-11(7-10)17-14(18)9(2)21-12/h3-7,9H,1-2H3,(H,16,19)(H,17,18). The molecular formula is C15H14N2O4. The van der Waals surface area contributed by atoms with Gasteiger partial charge in [-0.05, 0) is 38.1 Å². The first-order chi connectivity index (χ1) is 10.0. The lowest BCUT2D eigenvalue weighted by atomic mass is 10.2. The Balaban J connectivity index is 1.82. The molecule has 0 bridgehead atoms. The number of anilines is 2. The molecule has 108 valence electrons. The van der Waals surface area contributed by atoms with Gasteiger partial charge in [0.15, 0.2) is 11.9 Å². The molecule has 1 aromatic heterocycles. The van der Waals surface area contributed by atoms with E-state index in [1.54, 1.807) is 38.1 Å². The van der Waals surface area contributed by atoms with E-state index in [0.29, 0.717) is 17.1 Å². The smallest absolute Gasteiger partial charge is 0.291 e. The summed E-state index contributed by atoms with van der Waals surface area (Å²) in [5, 5.41) is 5.45. The van der Waals surface area contributed by atoms with E-state index in [0.717, 1.165) is 5.56 Å². The Kier molecular flexibility index (Phi) is 3.13. The fraction of sp³-hybridized carbons (Fsp3) is 0.200. The number of carbonyl (C=O) groups excluding carboxylic acids is 2. The van der Waals surface area contributed by atoms with Gasteiger partial charge in [-0.1, -0.05) is 0 Å². The SMILES string of the molecule is Cc1ccoc1C(=O)Nc1ccc2c(c1)NC(=O)C(C)O2. The maximum atomic E-state index is 12.1. The van der Waals surface area contributed by atoms with Gasteiger partial charge in [-0.3, -0.25) is 9.59 Å². The van der Waals surface area contributed by atoms with Crippen LogP contribution in [-0.4, -0.2) is 17.9 Å². The number of ether oxygens (including phenoxy) is 1. The summed E-state index contributed by atoms with van der Waals surface area (Å²) in [5.41, 5.74) is 1.84. The minimum Gasteiger partial charge on any atom is -0.479 e. The van der Waals surface area contributed by atoms with Crippen LogP contribution in [-0.2, 0) is 4.79 Å². The number of amides is 2. The fourth-order valence-electron chi connectivity index (χ4n) is 2.08. The van der Waals surface area contributed by atoms with E-state index in [1.165, 1.54) is 6.26 Å². The summed E-state index contributed by atoms with van der Waals surface area (Å²) in [5.74, 6) is 0.289. The van der Waals surface area contributed by atoms with E-state index in [2.05, 4.69) is 10.6 Å². The summed E-state index contributed by atoms with van der Waals surface area (Å²) in [6.07, 6.45) is 0.940. The van der Waals surface area contributed by atoms with Gasteiger partial charge in [-0.2, -0.15) is 0 Å².